The highest BCUT2D eigenvalue weighted by molar-refractivity contribution is 5.85. The van der Waals surface area contributed by atoms with Gasteiger partial charge in [0.05, 0.1) is 6.04 Å². The van der Waals surface area contributed by atoms with Crippen LogP contribution in [-0.2, 0) is 6.42 Å². The van der Waals surface area contributed by atoms with Crippen molar-refractivity contribution in [3.05, 3.63) is 35.5 Å². The van der Waals surface area contributed by atoms with Crippen LogP contribution < -0.4 is 0 Å². The summed E-state index contributed by atoms with van der Waals surface area (Å²) in [5.41, 5.74) is 4.50. The third-order valence-electron chi connectivity index (χ3n) is 6.33. The van der Waals surface area contributed by atoms with Crippen LogP contribution in [0.1, 0.15) is 49.4 Å². The van der Waals surface area contributed by atoms with Crippen molar-refractivity contribution in [2.75, 3.05) is 13.1 Å². The number of hydrogen-bond donors (Lipinski definition) is 1. The van der Waals surface area contributed by atoms with Crippen LogP contribution in [0.2, 0.25) is 0 Å². The first-order valence-electron chi connectivity index (χ1n) is 8.73. The Balaban J connectivity index is 1.56. The Morgan fingerprint density at radius 2 is 1.90 bits per heavy atom. The summed E-state index contributed by atoms with van der Waals surface area (Å²) >= 11 is 0. The topological polar surface area (TPSA) is 19.0 Å². The van der Waals surface area contributed by atoms with E-state index < -0.39 is 0 Å². The predicted octanol–water partition coefficient (Wildman–Crippen LogP) is 4.28. The van der Waals surface area contributed by atoms with E-state index in [-0.39, 0.29) is 0 Å². The molecule has 1 aromatic heterocycles. The molecule has 2 heteroatoms. The van der Waals surface area contributed by atoms with Crippen LogP contribution in [0.5, 0.6) is 0 Å². The number of fused-ring (bicyclic) bond motifs is 6. The smallest absolute Gasteiger partial charge is 0.0504 e. The van der Waals surface area contributed by atoms with Gasteiger partial charge in [0.25, 0.3) is 0 Å². The maximum absolute atomic E-state index is 3.77. The number of aromatic amines is 1. The number of nitrogens with zero attached hydrogens (tertiary/aromatic N) is 1. The van der Waals surface area contributed by atoms with Crippen LogP contribution in [0.25, 0.3) is 10.9 Å². The quantitative estimate of drug-likeness (QED) is 0.763. The third kappa shape index (κ3) is 1.81. The normalized spacial score (nSPS) is 32.5. The maximum atomic E-state index is 3.77. The highest BCUT2D eigenvalue weighted by atomic mass is 15.2. The standard InChI is InChI=1S/C19H24N2/c1-2-6-14-12-21-10-9-16-15-7-3-4-8-17(15)20-19(16)18(21)11-13(14)5-1/h3-4,7-8,13-14,18,20H,1-2,5-6,9-12H2/t13-,14+,18+/m1/s1. The van der Waals surface area contributed by atoms with E-state index in [2.05, 4.69) is 34.1 Å². The van der Waals surface area contributed by atoms with Gasteiger partial charge < -0.3 is 4.98 Å². The number of aromatic nitrogens is 1. The van der Waals surface area contributed by atoms with Crippen LogP contribution in [0.15, 0.2) is 24.3 Å². The molecule has 3 heterocycles. The zero-order chi connectivity index (χ0) is 13.8. The molecule has 1 N–H and O–H groups in total. The Morgan fingerprint density at radius 3 is 2.86 bits per heavy atom. The molecule has 21 heavy (non-hydrogen) atoms. The van der Waals surface area contributed by atoms with Crippen LogP contribution in [0.4, 0.5) is 0 Å². The molecule has 110 valence electrons. The van der Waals surface area contributed by atoms with Gasteiger partial charge in [0, 0.05) is 29.7 Å². The zero-order valence-corrected chi connectivity index (χ0v) is 12.6. The number of para-hydroxylation sites is 1. The maximum Gasteiger partial charge on any atom is 0.0504 e. The van der Waals surface area contributed by atoms with Gasteiger partial charge in [-0.2, -0.15) is 0 Å². The molecule has 0 bridgehead atoms. The first-order chi connectivity index (χ1) is 10.4. The fourth-order valence-electron chi connectivity index (χ4n) is 5.28. The molecule has 2 aromatic rings. The van der Waals surface area contributed by atoms with Crippen LogP contribution in [-0.4, -0.2) is 23.0 Å². The molecule has 3 aliphatic rings. The molecule has 1 aliphatic carbocycles. The second-order valence-corrected chi connectivity index (χ2v) is 7.36. The minimum Gasteiger partial charge on any atom is -0.357 e. The molecule has 2 fully saturated rings. The van der Waals surface area contributed by atoms with Crippen molar-refractivity contribution in [2.24, 2.45) is 11.8 Å². The summed E-state index contributed by atoms with van der Waals surface area (Å²) in [5, 5.41) is 1.47. The van der Waals surface area contributed by atoms with Crippen molar-refractivity contribution in [2.45, 2.75) is 44.6 Å². The lowest BCUT2D eigenvalue weighted by Crippen LogP contribution is -2.46. The Morgan fingerprint density at radius 1 is 1.05 bits per heavy atom. The fraction of sp³-hybridized carbons (Fsp3) is 0.579. The van der Waals surface area contributed by atoms with Gasteiger partial charge in [-0.05, 0) is 42.7 Å². The monoisotopic (exact) mass is 280 g/mol. The van der Waals surface area contributed by atoms with E-state index in [1.807, 2.05) is 0 Å². The summed E-state index contributed by atoms with van der Waals surface area (Å²) in [5.74, 6) is 1.97. The predicted molar refractivity (Wildman–Crippen MR) is 86.4 cm³/mol. The van der Waals surface area contributed by atoms with E-state index in [1.54, 1.807) is 11.3 Å². The van der Waals surface area contributed by atoms with Crippen LogP contribution in [0.3, 0.4) is 0 Å². The minimum absolute atomic E-state index is 0.667. The third-order valence-corrected chi connectivity index (χ3v) is 6.33. The first kappa shape index (κ1) is 12.3. The highest BCUT2D eigenvalue weighted by Gasteiger charge is 2.40. The second kappa shape index (κ2) is 4.61. The van der Waals surface area contributed by atoms with Gasteiger partial charge in [0.1, 0.15) is 0 Å². The van der Waals surface area contributed by atoms with E-state index in [0.717, 1.165) is 11.8 Å². The lowest BCUT2D eigenvalue weighted by Gasteiger charge is -2.48. The SMILES string of the molecule is c1ccc2c3c([nH]c2c1)[C@@H]1C[C@H]2CCCC[C@H]2CN1CC3. The highest BCUT2D eigenvalue weighted by Crippen LogP contribution is 2.46. The lowest BCUT2D eigenvalue weighted by molar-refractivity contribution is 0.0308. The van der Waals surface area contributed by atoms with E-state index in [1.165, 1.54) is 62.5 Å². The second-order valence-electron chi connectivity index (χ2n) is 7.36. The van der Waals surface area contributed by atoms with E-state index in [4.69, 9.17) is 0 Å². The molecule has 1 aromatic carbocycles. The van der Waals surface area contributed by atoms with E-state index >= 15 is 0 Å². The van der Waals surface area contributed by atoms with E-state index in [9.17, 15) is 0 Å². The van der Waals surface area contributed by atoms with Crippen molar-refractivity contribution in [3.63, 3.8) is 0 Å². The van der Waals surface area contributed by atoms with Crippen molar-refractivity contribution < 1.29 is 0 Å². The number of rotatable bonds is 0. The largest absolute Gasteiger partial charge is 0.357 e. The molecule has 0 unspecified atom stereocenters. The molecular weight excluding hydrogens is 256 g/mol. The van der Waals surface area contributed by atoms with Gasteiger partial charge in [0.15, 0.2) is 0 Å². The van der Waals surface area contributed by atoms with Gasteiger partial charge >= 0.3 is 0 Å². The van der Waals surface area contributed by atoms with Crippen molar-refractivity contribution in [3.8, 4) is 0 Å². The van der Waals surface area contributed by atoms with Crippen molar-refractivity contribution >= 4 is 10.9 Å². The zero-order valence-electron chi connectivity index (χ0n) is 12.6. The average molecular weight is 280 g/mol. The summed E-state index contributed by atoms with van der Waals surface area (Å²) < 4.78 is 0. The molecule has 0 radical (unpaired) electrons. The molecule has 1 saturated heterocycles. The Labute approximate surface area is 126 Å². The average Bonchev–Trinajstić information content (AvgIpc) is 2.92. The van der Waals surface area contributed by atoms with Crippen LogP contribution in [0, 0.1) is 11.8 Å². The Hall–Kier alpha value is -1.28. The molecule has 0 spiro atoms. The summed E-state index contributed by atoms with van der Waals surface area (Å²) in [6.07, 6.45) is 8.51. The van der Waals surface area contributed by atoms with Gasteiger partial charge in [-0.25, -0.2) is 0 Å². The number of piperidine rings is 1. The fourth-order valence-corrected chi connectivity index (χ4v) is 5.28. The molecule has 0 amide bonds. The van der Waals surface area contributed by atoms with Gasteiger partial charge in [-0.3, -0.25) is 4.90 Å². The molecule has 5 rings (SSSR count). The summed E-state index contributed by atoms with van der Waals surface area (Å²) in [7, 11) is 0. The number of nitrogens with one attached hydrogen (secondary N) is 1. The number of hydrogen-bond acceptors (Lipinski definition) is 1. The van der Waals surface area contributed by atoms with Crippen LogP contribution >= 0.6 is 0 Å². The summed E-state index contributed by atoms with van der Waals surface area (Å²) in [4.78, 5) is 6.55. The summed E-state index contributed by atoms with van der Waals surface area (Å²) in [6.45, 7) is 2.62. The molecule has 2 nitrogen and oxygen atoms in total. The lowest BCUT2D eigenvalue weighted by atomic mass is 9.71. The molecule has 2 aliphatic heterocycles. The Bertz CT molecular complexity index is 671. The van der Waals surface area contributed by atoms with Gasteiger partial charge in [0.2, 0.25) is 0 Å². The van der Waals surface area contributed by atoms with Gasteiger partial charge in [-0.15, -0.1) is 0 Å². The number of H-pyrrole nitrogens is 1. The Kier molecular flexibility index (Phi) is 2.69. The molecule has 1 saturated carbocycles. The summed E-state index contributed by atoms with van der Waals surface area (Å²) in [6, 6.07) is 9.54. The van der Waals surface area contributed by atoms with Gasteiger partial charge in [-0.1, -0.05) is 37.5 Å². The molecular formula is C19H24N2. The number of benzene rings is 1. The minimum atomic E-state index is 0.667. The molecule has 3 atom stereocenters. The first-order valence-corrected chi connectivity index (χ1v) is 8.73. The van der Waals surface area contributed by atoms with Crippen molar-refractivity contribution in [1.82, 2.24) is 9.88 Å². The van der Waals surface area contributed by atoms with E-state index in [0.29, 0.717) is 6.04 Å². The van der Waals surface area contributed by atoms with Crippen molar-refractivity contribution in [1.29, 1.82) is 0 Å².